The molecule has 184 valence electrons. The van der Waals surface area contributed by atoms with E-state index in [0.717, 1.165) is 27.3 Å². The summed E-state index contributed by atoms with van der Waals surface area (Å²) in [6.07, 6.45) is 8.82. The smallest absolute Gasteiger partial charge is 0.125 e. The quantitative estimate of drug-likeness (QED) is 0.391. The van der Waals surface area contributed by atoms with Crippen LogP contribution in [0.2, 0.25) is 0 Å². The van der Waals surface area contributed by atoms with Crippen molar-refractivity contribution in [2.75, 3.05) is 0 Å². The Hall–Kier alpha value is -5.43. The lowest BCUT2D eigenvalue weighted by Gasteiger charge is -1.98. The molecular weight excluding hydrogens is 474 g/mol. The zero-order valence-electron chi connectivity index (χ0n) is 20.5. The van der Waals surface area contributed by atoms with Crippen molar-refractivity contribution in [2.24, 2.45) is 0 Å². The van der Waals surface area contributed by atoms with Crippen molar-refractivity contribution in [3.8, 4) is 22.8 Å². The van der Waals surface area contributed by atoms with E-state index in [-0.39, 0.29) is 11.5 Å². The van der Waals surface area contributed by atoms with Gasteiger partial charge in [-0.25, -0.2) is 0 Å². The number of benzene rings is 2. The van der Waals surface area contributed by atoms with Crippen molar-refractivity contribution < 1.29 is 10.2 Å². The van der Waals surface area contributed by atoms with Crippen molar-refractivity contribution in [3.63, 3.8) is 0 Å². The van der Waals surface area contributed by atoms with Crippen LogP contribution in [0, 0.1) is 0 Å². The van der Waals surface area contributed by atoms with E-state index in [9.17, 15) is 10.2 Å². The zero-order chi connectivity index (χ0) is 26.6. The molecule has 7 nitrogen and oxygen atoms in total. The minimum atomic E-state index is 0.159. The van der Waals surface area contributed by atoms with Gasteiger partial charge in [0.05, 0.1) is 39.3 Å². The van der Waals surface area contributed by atoms with E-state index in [0.29, 0.717) is 38.3 Å². The molecule has 0 atom stereocenters. The zero-order valence-corrected chi connectivity index (χ0v) is 20.5. The molecule has 0 spiro atoms. The maximum atomic E-state index is 10.4. The molecular formula is C31H23N5O2. The topological polar surface area (TPSA) is 89.0 Å². The number of phenols is 2. The van der Waals surface area contributed by atoms with Crippen molar-refractivity contribution in [3.05, 3.63) is 100 Å². The van der Waals surface area contributed by atoms with Crippen LogP contribution in [0.15, 0.2) is 67.9 Å². The van der Waals surface area contributed by atoms with Crippen LogP contribution in [-0.2, 0) is 0 Å². The number of aromatic hydroxyl groups is 2. The number of hydrogen-bond donors (Lipinski definition) is 2. The Balaban J connectivity index is 1.55. The molecule has 0 aliphatic carbocycles. The Morgan fingerprint density at radius 2 is 1.29 bits per heavy atom. The van der Waals surface area contributed by atoms with Gasteiger partial charge in [0.15, 0.2) is 0 Å². The van der Waals surface area contributed by atoms with Crippen LogP contribution in [-0.4, -0.2) is 34.5 Å². The van der Waals surface area contributed by atoms with E-state index in [1.54, 1.807) is 42.9 Å². The lowest BCUT2D eigenvalue weighted by molar-refractivity contribution is 0.481. The van der Waals surface area contributed by atoms with Gasteiger partial charge < -0.3 is 19.3 Å². The van der Waals surface area contributed by atoms with E-state index >= 15 is 0 Å². The van der Waals surface area contributed by atoms with E-state index in [4.69, 9.17) is 0 Å². The van der Waals surface area contributed by atoms with Crippen LogP contribution < -0.4 is 21.1 Å². The van der Waals surface area contributed by atoms with E-state index < -0.39 is 0 Å². The predicted octanol–water partition coefficient (Wildman–Crippen LogP) is 2.98. The highest BCUT2D eigenvalue weighted by molar-refractivity contribution is 5.90. The van der Waals surface area contributed by atoms with Crippen molar-refractivity contribution in [1.29, 1.82) is 0 Å². The monoisotopic (exact) mass is 497 g/mol. The Bertz CT molecular complexity index is 2140. The molecule has 2 N–H and O–H groups in total. The highest BCUT2D eigenvalue weighted by atomic mass is 16.3. The maximum Gasteiger partial charge on any atom is 0.125 e. The number of phenolic OH excluding ortho intramolecular Hbond substituents is 2. The Morgan fingerprint density at radius 3 is 1.87 bits per heavy atom. The molecule has 2 aromatic carbocycles. The largest absolute Gasteiger partial charge is 0.507 e. The summed E-state index contributed by atoms with van der Waals surface area (Å²) in [4.78, 5) is 4.62. The lowest BCUT2D eigenvalue weighted by atomic mass is 10.1. The Labute approximate surface area is 217 Å². The van der Waals surface area contributed by atoms with Gasteiger partial charge >= 0.3 is 0 Å². The molecule has 7 heteroatoms. The van der Waals surface area contributed by atoms with Crippen molar-refractivity contribution >= 4 is 59.5 Å². The van der Waals surface area contributed by atoms with Gasteiger partial charge in [-0.05, 0) is 48.6 Å². The summed E-state index contributed by atoms with van der Waals surface area (Å²) < 4.78 is 3.75. The molecule has 0 saturated carbocycles. The van der Waals surface area contributed by atoms with Gasteiger partial charge in [-0.2, -0.15) is 0 Å². The summed E-state index contributed by atoms with van der Waals surface area (Å²) >= 11 is 0. The molecule has 4 heterocycles. The molecule has 0 unspecified atom stereocenters. The SMILES string of the molecule is C=Cn1/c(=C/c2ccc3c(/C=c4\c(=C)c5c(O)cccc5n4C=C)nnc-3cn2)c(=C)c2c(O)cccc21. The van der Waals surface area contributed by atoms with Crippen LogP contribution in [0.5, 0.6) is 11.5 Å². The van der Waals surface area contributed by atoms with Gasteiger partial charge in [0.1, 0.15) is 17.2 Å². The summed E-state index contributed by atoms with van der Waals surface area (Å²) in [5.74, 6) is 0.325. The molecule has 0 fully saturated rings. The van der Waals surface area contributed by atoms with Crippen molar-refractivity contribution in [2.45, 2.75) is 0 Å². The molecule has 6 rings (SSSR count). The van der Waals surface area contributed by atoms with Gasteiger partial charge in [0.25, 0.3) is 0 Å². The second-order valence-corrected chi connectivity index (χ2v) is 8.86. The fourth-order valence-corrected chi connectivity index (χ4v) is 5.01. The first kappa shape index (κ1) is 23.0. The molecule has 4 aromatic rings. The average Bonchev–Trinajstić information content (AvgIpc) is 3.45. The minimum Gasteiger partial charge on any atom is -0.507 e. The minimum absolute atomic E-state index is 0.159. The van der Waals surface area contributed by atoms with Gasteiger partial charge in [0, 0.05) is 39.2 Å². The summed E-state index contributed by atoms with van der Waals surface area (Å²) in [5.41, 5.74) is 4.36. The number of fused-ring (bicyclic) bond motifs is 3. The van der Waals surface area contributed by atoms with Crippen LogP contribution in [0.1, 0.15) is 11.4 Å². The average molecular weight is 498 g/mol. The molecule has 2 aliphatic rings. The van der Waals surface area contributed by atoms with E-state index in [1.807, 2.05) is 45.6 Å². The normalized spacial score (nSPS) is 12.6. The molecule has 2 aromatic heterocycles. The van der Waals surface area contributed by atoms with Gasteiger partial charge in [-0.1, -0.05) is 38.4 Å². The molecule has 0 amide bonds. The first-order chi connectivity index (χ1) is 18.4. The molecule has 38 heavy (non-hydrogen) atoms. The van der Waals surface area contributed by atoms with Crippen LogP contribution in [0.3, 0.4) is 0 Å². The van der Waals surface area contributed by atoms with Crippen LogP contribution in [0.4, 0.5) is 0 Å². The molecule has 0 radical (unpaired) electrons. The third-order valence-electron chi connectivity index (χ3n) is 6.80. The molecule has 0 bridgehead atoms. The summed E-state index contributed by atoms with van der Waals surface area (Å²) in [7, 11) is 0. The molecule has 0 saturated heterocycles. The first-order valence-electron chi connectivity index (χ1n) is 11.9. The Morgan fingerprint density at radius 1 is 0.711 bits per heavy atom. The van der Waals surface area contributed by atoms with Gasteiger partial charge in [-0.15, -0.1) is 10.2 Å². The summed E-state index contributed by atoms with van der Waals surface area (Å²) in [6, 6.07) is 14.5. The van der Waals surface area contributed by atoms with Gasteiger partial charge in [0.2, 0.25) is 0 Å². The van der Waals surface area contributed by atoms with E-state index in [2.05, 4.69) is 41.5 Å². The standard InChI is InChI=1S/C31H23N5O2/c1-5-35-24-9-7-11-28(37)30(24)18(3)26(35)15-20-13-14-21-22(33-34-23(21)17-32-20)16-27-19(4)31-25(36(27)6-2)10-8-12-29(31)38/h5-17,37-38H,1-4H2/b26-15+,27-16+. The number of nitrogens with zero attached hydrogens (tertiary/aromatic N) is 5. The molecule has 2 aliphatic heterocycles. The predicted molar refractivity (Wildman–Crippen MR) is 153 cm³/mol. The number of aromatic nitrogens is 5. The fourth-order valence-electron chi connectivity index (χ4n) is 5.01. The van der Waals surface area contributed by atoms with Crippen LogP contribution >= 0.6 is 0 Å². The fraction of sp³-hybridized carbons (Fsp3) is 0. The Kier molecular flexibility index (Phi) is 5.20. The second-order valence-electron chi connectivity index (χ2n) is 8.86. The van der Waals surface area contributed by atoms with Crippen molar-refractivity contribution in [1.82, 2.24) is 24.3 Å². The first-order valence-corrected chi connectivity index (χ1v) is 11.9. The van der Waals surface area contributed by atoms with Gasteiger partial charge in [-0.3, -0.25) is 4.98 Å². The van der Waals surface area contributed by atoms with Crippen LogP contribution in [0.25, 0.3) is 70.8 Å². The number of rotatable bonds is 4. The highest BCUT2D eigenvalue weighted by Crippen LogP contribution is 2.24. The summed E-state index contributed by atoms with van der Waals surface area (Å²) in [6.45, 7) is 16.3. The highest BCUT2D eigenvalue weighted by Gasteiger charge is 2.14. The number of hydrogen-bond acceptors (Lipinski definition) is 5. The summed E-state index contributed by atoms with van der Waals surface area (Å²) in [5, 5.41) is 33.7. The third-order valence-corrected chi connectivity index (χ3v) is 6.80. The van der Waals surface area contributed by atoms with E-state index in [1.165, 1.54) is 0 Å². The maximum absolute atomic E-state index is 10.4. The second kappa shape index (κ2) is 8.60. The lowest BCUT2D eigenvalue weighted by Crippen LogP contribution is -2.26. The third kappa shape index (κ3) is 3.33.